The molecule has 2 aromatic rings. The number of nitrogens with one attached hydrogen (secondary N) is 1. The van der Waals surface area contributed by atoms with Crippen LogP contribution in [0.1, 0.15) is 29.8 Å². The average Bonchev–Trinajstić information content (AvgIpc) is 2.53. The molecule has 0 saturated heterocycles. The number of hydrogen-bond acceptors (Lipinski definition) is 4. The van der Waals surface area contributed by atoms with Gasteiger partial charge in [-0.25, -0.2) is 0 Å². The number of anilines is 1. The summed E-state index contributed by atoms with van der Waals surface area (Å²) in [6.07, 6.45) is 0. The van der Waals surface area contributed by atoms with Crippen molar-refractivity contribution in [2.75, 3.05) is 12.4 Å². The Morgan fingerprint density at radius 2 is 1.91 bits per heavy atom. The van der Waals surface area contributed by atoms with Gasteiger partial charge in [-0.3, -0.25) is 4.79 Å². The van der Waals surface area contributed by atoms with Gasteiger partial charge >= 0.3 is 0 Å². The van der Waals surface area contributed by atoms with E-state index in [0.717, 1.165) is 21.9 Å². The van der Waals surface area contributed by atoms with Gasteiger partial charge in [0, 0.05) is 27.9 Å². The highest BCUT2D eigenvalue weighted by Crippen LogP contribution is 2.33. The molecule has 0 saturated carbocycles. The van der Waals surface area contributed by atoms with E-state index in [1.807, 2.05) is 12.1 Å². The first-order valence-corrected chi connectivity index (χ1v) is 8.35. The summed E-state index contributed by atoms with van der Waals surface area (Å²) in [5.41, 5.74) is 7.81. The first kappa shape index (κ1) is 17.2. The summed E-state index contributed by atoms with van der Waals surface area (Å²) in [5, 5.41) is 3.83. The van der Waals surface area contributed by atoms with E-state index in [-0.39, 0.29) is 0 Å². The predicted octanol–water partition coefficient (Wildman–Crippen LogP) is 3.91. The van der Waals surface area contributed by atoms with Crippen LogP contribution in [0.3, 0.4) is 0 Å². The quantitative estimate of drug-likeness (QED) is 0.756. The fourth-order valence-electron chi connectivity index (χ4n) is 2.13. The van der Waals surface area contributed by atoms with Crippen LogP contribution in [0, 0.1) is 0 Å². The Morgan fingerprint density at radius 3 is 2.48 bits per heavy atom. The largest absolute Gasteiger partial charge is 0.496 e. The van der Waals surface area contributed by atoms with Crippen molar-refractivity contribution in [1.82, 2.24) is 0 Å². The fraction of sp³-hybridized carbons (Fsp3) is 0.278. The normalized spacial score (nSPS) is 10.6. The van der Waals surface area contributed by atoms with Gasteiger partial charge in [-0.15, -0.1) is 11.8 Å². The summed E-state index contributed by atoms with van der Waals surface area (Å²) in [7, 11) is 1.69. The minimum Gasteiger partial charge on any atom is -0.496 e. The first-order valence-electron chi connectivity index (χ1n) is 7.47. The third kappa shape index (κ3) is 4.93. The van der Waals surface area contributed by atoms with Gasteiger partial charge in [-0.05, 0) is 42.0 Å². The lowest BCUT2D eigenvalue weighted by molar-refractivity contribution is 0.100. The molecule has 1 amide bonds. The molecule has 0 atom stereocenters. The topological polar surface area (TPSA) is 64.3 Å². The standard InChI is InChI=1S/C18H22N2O2S/c1-12(2)23-17-9-4-13(10-16(17)22-3)11-20-15-7-5-14(6-8-15)18(19)21/h4-10,12,20H,11H2,1-3H3,(H2,19,21). The number of thioether (sulfide) groups is 1. The molecule has 0 bridgehead atoms. The molecular weight excluding hydrogens is 308 g/mol. The fourth-order valence-corrected chi connectivity index (χ4v) is 3.04. The van der Waals surface area contributed by atoms with Crippen LogP contribution < -0.4 is 15.8 Å². The van der Waals surface area contributed by atoms with Gasteiger partial charge in [0.25, 0.3) is 0 Å². The van der Waals surface area contributed by atoms with Gasteiger partial charge in [-0.2, -0.15) is 0 Å². The molecule has 0 unspecified atom stereocenters. The predicted molar refractivity (Wildman–Crippen MR) is 96.3 cm³/mol. The number of rotatable bonds is 7. The second-order valence-corrected chi connectivity index (χ2v) is 7.07. The highest BCUT2D eigenvalue weighted by molar-refractivity contribution is 8.00. The molecule has 4 nitrogen and oxygen atoms in total. The second kappa shape index (κ2) is 7.92. The lowest BCUT2D eigenvalue weighted by atomic mass is 10.2. The second-order valence-electron chi connectivity index (χ2n) is 5.45. The Morgan fingerprint density at radius 1 is 1.22 bits per heavy atom. The number of carbonyl (C=O) groups is 1. The van der Waals surface area contributed by atoms with Crippen LogP contribution in [-0.4, -0.2) is 18.3 Å². The third-order valence-electron chi connectivity index (χ3n) is 3.26. The number of benzene rings is 2. The maximum absolute atomic E-state index is 11.1. The van der Waals surface area contributed by atoms with Crippen molar-refractivity contribution in [2.24, 2.45) is 5.73 Å². The molecule has 2 aromatic carbocycles. The lowest BCUT2D eigenvalue weighted by Crippen LogP contribution is -2.10. The summed E-state index contributed by atoms with van der Waals surface area (Å²) < 4.78 is 5.48. The molecule has 0 heterocycles. The molecule has 0 aliphatic rings. The molecule has 0 radical (unpaired) electrons. The van der Waals surface area contributed by atoms with Gasteiger partial charge in [0.05, 0.1) is 7.11 Å². The summed E-state index contributed by atoms with van der Waals surface area (Å²) in [5.74, 6) is 0.478. The maximum atomic E-state index is 11.1. The van der Waals surface area contributed by atoms with E-state index < -0.39 is 5.91 Å². The van der Waals surface area contributed by atoms with E-state index in [4.69, 9.17) is 10.5 Å². The van der Waals surface area contributed by atoms with E-state index in [9.17, 15) is 4.79 Å². The maximum Gasteiger partial charge on any atom is 0.248 e. The molecule has 0 aromatic heterocycles. The molecule has 0 aliphatic heterocycles. The van der Waals surface area contributed by atoms with Crippen molar-refractivity contribution in [3.63, 3.8) is 0 Å². The Balaban J connectivity index is 2.04. The minimum atomic E-state index is -0.417. The molecular formula is C18H22N2O2S. The number of methoxy groups -OCH3 is 1. The van der Waals surface area contributed by atoms with Crippen molar-refractivity contribution in [1.29, 1.82) is 0 Å². The Kier molecular flexibility index (Phi) is 5.93. The highest BCUT2D eigenvalue weighted by atomic mass is 32.2. The van der Waals surface area contributed by atoms with Crippen molar-refractivity contribution in [3.8, 4) is 5.75 Å². The molecule has 0 fully saturated rings. The van der Waals surface area contributed by atoms with Gasteiger partial charge in [0.1, 0.15) is 5.75 Å². The molecule has 0 spiro atoms. The average molecular weight is 330 g/mol. The molecule has 23 heavy (non-hydrogen) atoms. The number of amides is 1. The molecule has 2 rings (SSSR count). The molecule has 5 heteroatoms. The van der Waals surface area contributed by atoms with Crippen LogP contribution >= 0.6 is 11.8 Å². The zero-order valence-corrected chi connectivity index (χ0v) is 14.4. The minimum absolute atomic E-state index is 0.417. The number of primary amides is 1. The molecule has 122 valence electrons. The third-order valence-corrected chi connectivity index (χ3v) is 4.32. The van der Waals surface area contributed by atoms with Crippen LogP contribution in [0.25, 0.3) is 0 Å². The monoisotopic (exact) mass is 330 g/mol. The van der Waals surface area contributed by atoms with Crippen molar-refractivity contribution >= 4 is 23.4 Å². The van der Waals surface area contributed by atoms with Gasteiger partial charge in [0.15, 0.2) is 0 Å². The first-order chi connectivity index (χ1) is 11.0. The van der Waals surface area contributed by atoms with E-state index in [0.29, 0.717) is 17.4 Å². The van der Waals surface area contributed by atoms with Gasteiger partial charge < -0.3 is 15.8 Å². The zero-order chi connectivity index (χ0) is 16.8. The zero-order valence-electron chi connectivity index (χ0n) is 13.6. The summed E-state index contributed by atoms with van der Waals surface area (Å²) in [4.78, 5) is 12.2. The van der Waals surface area contributed by atoms with Crippen LogP contribution in [0.5, 0.6) is 5.75 Å². The van der Waals surface area contributed by atoms with Crippen LogP contribution in [-0.2, 0) is 6.54 Å². The smallest absolute Gasteiger partial charge is 0.248 e. The number of carbonyl (C=O) groups excluding carboxylic acids is 1. The van der Waals surface area contributed by atoms with E-state index in [2.05, 4.69) is 37.4 Å². The molecule has 0 aliphatic carbocycles. The van der Waals surface area contributed by atoms with Crippen LogP contribution in [0.15, 0.2) is 47.4 Å². The van der Waals surface area contributed by atoms with Crippen LogP contribution in [0.2, 0.25) is 0 Å². The van der Waals surface area contributed by atoms with E-state index in [1.54, 1.807) is 31.0 Å². The summed E-state index contributed by atoms with van der Waals surface area (Å²) in [6, 6.07) is 13.4. The van der Waals surface area contributed by atoms with Crippen LogP contribution in [0.4, 0.5) is 5.69 Å². The number of nitrogens with two attached hydrogens (primary N) is 1. The number of hydrogen-bond donors (Lipinski definition) is 2. The van der Waals surface area contributed by atoms with Crippen molar-refractivity contribution in [2.45, 2.75) is 30.5 Å². The Bertz CT molecular complexity index is 669. The molecule has 3 N–H and O–H groups in total. The van der Waals surface area contributed by atoms with Crippen molar-refractivity contribution in [3.05, 3.63) is 53.6 Å². The van der Waals surface area contributed by atoms with E-state index in [1.165, 1.54) is 0 Å². The van der Waals surface area contributed by atoms with E-state index >= 15 is 0 Å². The lowest BCUT2D eigenvalue weighted by Gasteiger charge is -2.13. The summed E-state index contributed by atoms with van der Waals surface area (Å²) >= 11 is 1.79. The Labute approximate surface area is 141 Å². The van der Waals surface area contributed by atoms with Crippen molar-refractivity contribution < 1.29 is 9.53 Å². The highest BCUT2D eigenvalue weighted by Gasteiger charge is 2.07. The van der Waals surface area contributed by atoms with Gasteiger partial charge in [-0.1, -0.05) is 19.9 Å². The Hall–Kier alpha value is -2.14. The van der Waals surface area contributed by atoms with Gasteiger partial charge in [0.2, 0.25) is 5.91 Å². The number of ether oxygens (including phenoxy) is 1. The SMILES string of the molecule is COc1cc(CNc2ccc(C(N)=O)cc2)ccc1SC(C)C. The summed E-state index contributed by atoms with van der Waals surface area (Å²) in [6.45, 7) is 5.00.